The number of fused-ring (bicyclic) bond motifs is 1. The number of rotatable bonds is 15. The first kappa shape index (κ1) is 28.2. The molecule has 2 aliphatic heterocycles. The van der Waals surface area contributed by atoms with Crippen LogP contribution in [0, 0.1) is 0 Å². The summed E-state index contributed by atoms with van der Waals surface area (Å²) in [7, 11) is 0. The highest BCUT2D eigenvalue weighted by Gasteiger charge is 2.29. The van der Waals surface area contributed by atoms with Crippen molar-refractivity contribution >= 4 is 17.8 Å². The highest BCUT2D eigenvalue weighted by molar-refractivity contribution is 5.82. The van der Waals surface area contributed by atoms with Crippen LogP contribution in [-0.2, 0) is 22.4 Å². The van der Waals surface area contributed by atoms with Crippen molar-refractivity contribution in [3.63, 3.8) is 0 Å². The smallest absolute Gasteiger partial charge is 0.326 e. The van der Waals surface area contributed by atoms with E-state index in [-0.39, 0.29) is 12.1 Å². The first-order valence-corrected chi connectivity index (χ1v) is 13.8. The van der Waals surface area contributed by atoms with Crippen molar-refractivity contribution in [2.24, 2.45) is 0 Å². The number of carboxylic acid groups (broad SMARTS) is 1. The van der Waals surface area contributed by atoms with Crippen LogP contribution in [0.25, 0.3) is 0 Å². The number of pyridine rings is 1. The van der Waals surface area contributed by atoms with E-state index in [1.165, 1.54) is 5.56 Å². The summed E-state index contributed by atoms with van der Waals surface area (Å²) in [6, 6.07) is 3.34. The molecule has 2 aliphatic rings. The lowest BCUT2D eigenvalue weighted by Gasteiger charge is -2.27. The molecule has 1 saturated heterocycles. The Bertz CT molecular complexity index is 836. The van der Waals surface area contributed by atoms with Crippen molar-refractivity contribution in [2.45, 2.75) is 83.7 Å². The predicted molar refractivity (Wildman–Crippen MR) is 142 cm³/mol. The van der Waals surface area contributed by atoms with Crippen molar-refractivity contribution in [3.8, 4) is 0 Å². The number of aryl methyl sites for hydroxylation is 2. The van der Waals surface area contributed by atoms with Gasteiger partial charge in [0.1, 0.15) is 11.9 Å². The molecule has 202 valence electrons. The summed E-state index contributed by atoms with van der Waals surface area (Å²) in [4.78, 5) is 33.3. The number of hydrogen-bond donors (Lipinski definition) is 3. The Balaban J connectivity index is 1.46. The second-order valence-electron chi connectivity index (χ2n) is 10.1. The first-order valence-electron chi connectivity index (χ1n) is 13.8. The summed E-state index contributed by atoms with van der Waals surface area (Å²) in [5.41, 5.74) is 2.42. The van der Waals surface area contributed by atoms with Gasteiger partial charge in [-0.1, -0.05) is 13.0 Å². The van der Waals surface area contributed by atoms with Gasteiger partial charge in [0, 0.05) is 44.5 Å². The number of carbonyl (C=O) groups is 2. The predicted octanol–water partition coefficient (Wildman–Crippen LogP) is 3.53. The Labute approximate surface area is 216 Å². The van der Waals surface area contributed by atoms with E-state index in [1.807, 2.05) is 6.92 Å². The fraction of sp³-hybridized carbons (Fsp3) is 0.741. The van der Waals surface area contributed by atoms with Crippen LogP contribution in [0.5, 0.6) is 0 Å². The van der Waals surface area contributed by atoms with Crippen LogP contribution in [0.3, 0.4) is 0 Å². The van der Waals surface area contributed by atoms with Crippen LogP contribution in [0.15, 0.2) is 12.1 Å². The second-order valence-corrected chi connectivity index (χ2v) is 10.1. The number of nitrogens with zero attached hydrogens (tertiary/aromatic N) is 3. The number of amides is 2. The number of anilines is 1. The molecule has 2 atom stereocenters. The molecule has 0 bridgehead atoms. The van der Waals surface area contributed by atoms with E-state index >= 15 is 0 Å². The zero-order valence-electron chi connectivity index (χ0n) is 22.1. The van der Waals surface area contributed by atoms with Crippen molar-refractivity contribution in [2.75, 3.05) is 51.3 Å². The van der Waals surface area contributed by atoms with Crippen molar-refractivity contribution in [1.29, 1.82) is 0 Å². The number of aliphatic carboxylic acids is 1. The summed E-state index contributed by atoms with van der Waals surface area (Å²) in [5, 5.41) is 15.9. The maximum absolute atomic E-state index is 12.6. The topological polar surface area (TPSA) is 107 Å². The lowest BCUT2D eigenvalue weighted by atomic mass is 10.1. The molecule has 3 rings (SSSR count). The van der Waals surface area contributed by atoms with Gasteiger partial charge >= 0.3 is 12.0 Å². The third-order valence-electron chi connectivity index (χ3n) is 7.15. The minimum Gasteiger partial charge on any atom is -0.480 e. The summed E-state index contributed by atoms with van der Waals surface area (Å²) >= 11 is 0. The quantitative estimate of drug-likeness (QED) is 0.314. The number of hydrogen-bond acceptors (Lipinski definition) is 6. The van der Waals surface area contributed by atoms with E-state index in [2.05, 4.69) is 34.6 Å². The zero-order chi connectivity index (χ0) is 25.8. The Hall–Kier alpha value is -2.39. The summed E-state index contributed by atoms with van der Waals surface area (Å²) in [5.74, 6) is 0.0583. The standard InChI is InChI=1S/C27H45N5O4/c1-3-19-36-20-18-31(15-5-4-10-23-12-11-22-9-6-14-28-25(22)29-23)17-13-24(26(33)34)30-27(35)32-16-7-8-21(32)2/h11-12,21,24H,3-10,13-20H2,1-2H3,(H,28,29)(H,30,35)(H,33,34). The molecule has 0 aromatic carbocycles. The second kappa shape index (κ2) is 15.0. The molecule has 9 heteroatoms. The molecule has 0 spiro atoms. The third-order valence-corrected chi connectivity index (χ3v) is 7.15. The molecule has 9 nitrogen and oxygen atoms in total. The molecule has 3 heterocycles. The average Bonchev–Trinajstić information content (AvgIpc) is 3.31. The van der Waals surface area contributed by atoms with Crippen LogP contribution in [0.4, 0.5) is 10.6 Å². The highest BCUT2D eigenvalue weighted by Crippen LogP contribution is 2.20. The molecular weight excluding hydrogens is 458 g/mol. The third kappa shape index (κ3) is 8.92. The van der Waals surface area contributed by atoms with Crippen molar-refractivity contribution in [3.05, 3.63) is 23.4 Å². The molecule has 1 aromatic heterocycles. The summed E-state index contributed by atoms with van der Waals surface area (Å²) in [6.07, 6.45) is 8.48. The number of likely N-dealkylation sites (tertiary alicyclic amines) is 1. The van der Waals surface area contributed by atoms with Crippen molar-refractivity contribution in [1.82, 2.24) is 20.1 Å². The van der Waals surface area contributed by atoms with Gasteiger partial charge < -0.3 is 30.3 Å². The normalized spacial score (nSPS) is 18.1. The maximum Gasteiger partial charge on any atom is 0.326 e. The molecule has 1 fully saturated rings. The minimum atomic E-state index is -0.982. The number of ether oxygens (including phenoxy) is 1. The molecule has 3 N–H and O–H groups in total. The van der Waals surface area contributed by atoms with Gasteiger partial charge in [-0.25, -0.2) is 14.6 Å². The number of urea groups is 1. The number of unbranched alkanes of at least 4 members (excludes halogenated alkanes) is 1. The van der Waals surface area contributed by atoms with Crippen LogP contribution in [0.1, 0.15) is 70.1 Å². The van der Waals surface area contributed by atoms with Gasteiger partial charge in [-0.3, -0.25) is 0 Å². The van der Waals surface area contributed by atoms with Crippen LogP contribution >= 0.6 is 0 Å². The van der Waals surface area contributed by atoms with Gasteiger partial charge in [-0.2, -0.15) is 0 Å². The molecule has 36 heavy (non-hydrogen) atoms. The Morgan fingerprint density at radius 2 is 2.11 bits per heavy atom. The molecule has 0 saturated carbocycles. The minimum absolute atomic E-state index is 0.159. The van der Waals surface area contributed by atoms with Gasteiger partial charge in [0.05, 0.1) is 6.61 Å². The molecule has 2 amide bonds. The van der Waals surface area contributed by atoms with Gasteiger partial charge in [0.2, 0.25) is 0 Å². The van der Waals surface area contributed by atoms with E-state index in [1.54, 1.807) is 4.90 Å². The lowest BCUT2D eigenvalue weighted by molar-refractivity contribution is -0.139. The van der Waals surface area contributed by atoms with Gasteiger partial charge in [0.25, 0.3) is 0 Å². The number of aromatic nitrogens is 1. The van der Waals surface area contributed by atoms with Crippen LogP contribution < -0.4 is 10.6 Å². The summed E-state index contributed by atoms with van der Waals surface area (Å²) in [6.45, 7) is 9.35. The monoisotopic (exact) mass is 503 g/mol. The average molecular weight is 504 g/mol. The maximum atomic E-state index is 12.6. The Morgan fingerprint density at radius 3 is 2.86 bits per heavy atom. The fourth-order valence-electron chi connectivity index (χ4n) is 4.96. The fourth-order valence-corrected chi connectivity index (χ4v) is 4.96. The molecular formula is C27H45N5O4. The largest absolute Gasteiger partial charge is 0.480 e. The Kier molecular flexibility index (Phi) is 11.7. The van der Waals surface area contributed by atoms with Crippen LogP contribution in [0.2, 0.25) is 0 Å². The van der Waals surface area contributed by atoms with Crippen LogP contribution in [-0.4, -0.2) is 89.9 Å². The van der Waals surface area contributed by atoms with E-state index in [0.717, 1.165) is 89.1 Å². The lowest BCUT2D eigenvalue weighted by Crippen LogP contribution is -2.50. The van der Waals surface area contributed by atoms with E-state index in [9.17, 15) is 14.7 Å². The van der Waals surface area contributed by atoms with Gasteiger partial charge in [0.15, 0.2) is 0 Å². The van der Waals surface area contributed by atoms with Gasteiger partial charge in [-0.15, -0.1) is 0 Å². The first-order chi connectivity index (χ1) is 17.5. The number of carbonyl (C=O) groups excluding carboxylic acids is 1. The van der Waals surface area contributed by atoms with Gasteiger partial charge in [-0.05, 0) is 82.9 Å². The molecule has 0 aliphatic carbocycles. The van der Waals surface area contributed by atoms with E-state index < -0.39 is 12.0 Å². The number of carboxylic acids is 1. The number of nitrogens with one attached hydrogen (secondary N) is 2. The van der Waals surface area contributed by atoms with E-state index in [4.69, 9.17) is 9.72 Å². The molecule has 0 radical (unpaired) electrons. The summed E-state index contributed by atoms with van der Waals surface area (Å²) < 4.78 is 5.69. The highest BCUT2D eigenvalue weighted by atomic mass is 16.5. The Morgan fingerprint density at radius 1 is 1.25 bits per heavy atom. The SMILES string of the molecule is CCCOCCN(CCCCc1ccc2c(n1)NCCC2)CCC(NC(=O)N1CCCC1C)C(=O)O. The molecule has 2 unspecified atom stereocenters. The molecule has 1 aromatic rings. The van der Waals surface area contributed by atoms with E-state index in [0.29, 0.717) is 26.1 Å². The zero-order valence-corrected chi connectivity index (χ0v) is 22.1. The van der Waals surface area contributed by atoms with Crippen molar-refractivity contribution < 1.29 is 19.4 Å².